The topological polar surface area (TPSA) is 61.4 Å². The van der Waals surface area contributed by atoms with Gasteiger partial charge in [0.25, 0.3) is 0 Å². The quantitative estimate of drug-likeness (QED) is 0.167. The first-order valence-electron chi connectivity index (χ1n) is 14.4. The van der Waals surface area contributed by atoms with Gasteiger partial charge in [-0.2, -0.15) is 0 Å². The molecule has 0 bridgehead atoms. The molecule has 0 aliphatic heterocycles. The lowest BCUT2D eigenvalue weighted by molar-refractivity contribution is -0.131. The van der Waals surface area contributed by atoms with Gasteiger partial charge in [-0.05, 0) is 61.5 Å². The van der Waals surface area contributed by atoms with Crippen molar-refractivity contribution in [2.75, 3.05) is 18.9 Å². The minimum absolute atomic E-state index is 0.00313. The third kappa shape index (κ3) is 9.01. The molecule has 0 fully saturated rings. The van der Waals surface area contributed by atoms with Crippen LogP contribution in [0.1, 0.15) is 70.5 Å². The normalized spacial score (nSPS) is 19.8. The highest BCUT2D eigenvalue weighted by Crippen LogP contribution is 2.31. The number of para-hydroxylation sites is 1. The zero-order valence-electron chi connectivity index (χ0n) is 24.5. The second-order valence-corrected chi connectivity index (χ2v) is 11.4. The van der Waals surface area contributed by atoms with E-state index >= 15 is 0 Å². The minimum atomic E-state index is -0.357. The molecule has 0 aromatic heterocycles. The smallest absolute Gasteiger partial charge is 0.147 e. The van der Waals surface area contributed by atoms with E-state index in [0.717, 1.165) is 36.2 Å². The summed E-state index contributed by atoms with van der Waals surface area (Å²) in [5.74, 6) is 0.145. The second kappa shape index (κ2) is 14.9. The molecular weight excluding hydrogens is 482 g/mol. The van der Waals surface area contributed by atoms with Crippen molar-refractivity contribution < 1.29 is 9.59 Å². The lowest BCUT2D eigenvalue weighted by Crippen LogP contribution is -2.49. The number of rotatable bonds is 13. The summed E-state index contributed by atoms with van der Waals surface area (Å²) in [7, 11) is 2.06. The Labute approximate surface area is 235 Å². The van der Waals surface area contributed by atoms with E-state index in [-0.39, 0.29) is 42.0 Å². The third-order valence-electron chi connectivity index (χ3n) is 7.43. The fourth-order valence-electron chi connectivity index (χ4n) is 5.62. The van der Waals surface area contributed by atoms with Crippen LogP contribution in [-0.2, 0) is 16.1 Å². The zero-order chi connectivity index (χ0) is 28.4. The van der Waals surface area contributed by atoms with Gasteiger partial charge in [0.05, 0.1) is 24.5 Å². The Balaban J connectivity index is 1.90. The van der Waals surface area contributed by atoms with Crippen LogP contribution < -0.4 is 10.6 Å². The first-order valence-corrected chi connectivity index (χ1v) is 14.4. The van der Waals surface area contributed by atoms with Gasteiger partial charge in [0.2, 0.25) is 0 Å². The van der Waals surface area contributed by atoms with Crippen LogP contribution in [0.4, 0.5) is 5.69 Å². The molecule has 3 rings (SSSR count). The summed E-state index contributed by atoms with van der Waals surface area (Å²) in [5.41, 5.74) is 4.47. The number of carbonyl (C=O) groups is 2. The van der Waals surface area contributed by atoms with Crippen LogP contribution in [0.5, 0.6) is 0 Å². The molecule has 0 spiro atoms. The molecule has 2 aromatic carbocycles. The van der Waals surface area contributed by atoms with Gasteiger partial charge < -0.3 is 10.6 Å². The summed E-state index contributed by atoms with van der Waals surface area (Å²) in [4.78, 5) is 28.6. The number of hydrogen-bond acceptors (Lipinski definition) is 5. The van der Waals surface area contributed by atoms with Crippen molar-refractivity contribution >= 4 is 17.3 Å². The molecule has 0 radical (unpaired) electrons. The maximum atomic E-state index is 13.6. The van der Waals surface area contributed by atoms with Crippen LogP contribution in [-0.4, -0.2) is 36.2 Å². The van der Waals surface area contributed by atoms with Gasteiger partial charge in [-0.1, -0.05) is 87.9 Å². The predicted molar refractivity (Wildman–Crippen MR) is 162 cm³/mol. The summed E-state index contributed by atoms with van der Waals surface area (Å²) in [5, 5.41) is 7.17. The molecule has 1 aliphatic carbocycles. The van der Waals surface area contributed by atoms with E-state index < -0.39 is 0 Å². The molecule has 0 saturated carbocycles. The van der Waals surface area contributed by atoms with Crippen molar-refractivity contribution in [1.82, 2.24) is 10.2 Å². The standard InChI is InChI=1S/C34H47N3O2/c1-7-18-35-31(8-2)28-16-14-26(15-17-28)23-37(6)34(36-29-12-10-9-11-13-29)33-25(5)20-27(19-24(3)4)21-30(38)22-32(33)39/h8-17,20,24-25,31,33-36H,2,7,18-19,21-23H2,1,3-6H3. The summed E-state index contributed by atoms with van der Waals surface area (Å²) in [6.07, 6.45) is 6.20. The van der Waals surface area contributed by atoms with E-state index in [1.165, 1.54) is 5.56 Å². The summed E-state index contributed by atoms with van der Waals surface area (Å²) < 4.78 is 0. The van der Waals surface area contributed by atoms with Crippen LogP contribution in [0, 0.1) is 17.8 Å². The maximum absolute atomic E-state index is 13.6. The lowest BCUT2D eigenvalue weighted by atomic mass is 9.79. The van der Waals surface area contributed by atoms with Crippen molar-refractivity contribution in [3.8, 4) is 0 Å². The predicted octanol–water partition coefficient (Wildman–Crippen LogP) is 6.94. The number of nitrogens with zero attached hydrogens (tertiary/aromatic N) is 1. The molecule has 5 heteroatoms. The van der Waals surface area contributed by atoms with E-state index in [0.29, 0.717) is 18.9 Å². The Morgan fingerprint density at radius 1 is 1.05 bits per heavy atom. The van der Waals surface area contributed by atoms with Crippen molar-refractivity contribution in [3.63, 3.8) is 0 Å². The molecule has 39 heavy (non-hydrogen) atoms. The molecule has 210 valence electrons. The molecule has 4 unspecified atom stereocenters. The molecule has 0 amide bonds. The number of hydrogen-bond donors (Lipinski definition) is 2. The van der Waals surface area contributed by atoms with E-state index in [4.69, 9.17) is 0 Å². The van der Waals surface area contributed by atoms with E-state index in [9.17, 15) is 9.59 Å². The maximum Gasteiger partial charge on any atom is 0.147 e. The Kier molecular flexibility index (Phi) is 11.7. The van der Waals surface area contributed by atoms with Crippen molar-refractivity contribution in [2.45, 2.75) is 72.1 Å². The fourth-order valence-corrected chi connectivity index (χ4v) is 5.62. The number of nitrogens with one attached hydrogen (secondary N) is 2. The molecule has 0 saturated heterocycles. The minimum Gasteiger partial charge on any atom is -0.369 e. The van der Waals surface area contributed by atoms with E-state index in [1.54, 1.807) is 0 Å². The molecule has 5 nitrogen and oxygen atoms in total. The largest absolute Gasteiger partial charge is 0.369 e. The van der Waals surface area contributed by atoms with Crippen LogP contribution in [0.25, 0.3) is 0 Å². The second-order valence-electron chi connectivity index (χ2n) is 11.4. The molecule has 1 aliphatic rings. The van der Waals surface area contributed by atoms with Crippen LogP contribution in [0.2, 0.25) is 0 Å². The Hall–Kier alpha value is -3.02. The van der Waals surface area contributed by atoms with E-state index in [1.807, 2.05) is 36.4 Å². The zero-order valence-corrected chi connectivity index (χ0v) is 24.5. The van der Waals surface area contributed by atoms with Gasteiger partial charge in [0, 0.05) is 18.7 Å². The van der Waals surface area contributed by atoms with Gasteiger partial charge in [0.1, 0.15) is 11.6 Å². The van der Waals surface area contributed by atoms with Gasteiger partial charge in [0.15, 0.2) is 0 Å². The average Bonchev–Trinajstić information content (AvgIpc) is 2.89. The number of anilines is 1. The SMILES string of the molecule is C=CC(NCCC)c1ccc(CN(C)C(Nc2ccccc2)C2C(=O)CC(=O)CC(CC(C)C)=CC2C)cc1. The van der Waals surface area contributed by atoms with Crippen LogP contribution in [0.3, 0.4) is 0 Å². The van der Waals surface area contributed by atoms with Crippen LogP contribution >= 0.6 is 0 Å². The summed E-state index contributed by atoms with van der Waals surface area (Å²) >= 11 is 0. The average molecular weight is 530 g/mol. The summed E-state index contributed by atoms with van der Waals surface area (Å²) in [6.45, 7) is 14.2. The van der Waals surface area contributed by atoms with Gasteiger partial charge >= 0.3 is 0 Å². The monoisotopic (exact) mass is 529 g/mol. The molecule has 4 atom stereocenters. The highest BCUT2D eigenvalue weighted by atomic mass is 16.1. The summed E-state index contributed by atoms with van der Waals surface area (Å²) in [6, 6.07) is 18.8. The number of ketones is 2. The first kappa shape index (κ1) is 30.5. The molecule has 0 heterocycles. The first-order chi connectivity index (χ1) is 18.7. The van der Waals surface area contributed by atoms with Gasteiger partial charge in [-0.15, -0.1) is 6.58 Å². The number of carbonyl (C=O) groups excluding carboxylic acids is 2. The third-order valence-corrected chi connectivity index (χ3v) is 7.43. The van der Waals surface area contributed by atoms with Crippen molar-refractivity contribution in [3.05, 3.63) is 90.0 Å². The van der Waals surface area contributed by atoms with E-state index in [2.05, 4.69) is 87.2 Å². The number of Topliss-reactive ketones (excluding diaryl/α,β-unsaturated/α-hetero) is 2. The highest BCUT2D eigenvalue weighted by molar-refractivity contribution is 6.01. The molecule has 2 aromatic rings. The number of allylic oxidation sites excluding steroid dienone is 2. The van der Waals surface area contributed by atoms with Gasteiger partial charge in [-0.25, -0.2) is 0 Å². The lowest BCUT2D eigenvalue weighted by Gasteiger charge is -2.38. The Bertz CT molecular complexity index is 1110. The molecular formula is C34H47N3O2. The fraction of sp³-hybridized carbons (Fsp3) is 0.471. The Morgan fingerprint density at radius 2 is 1.74 bits per heavy atom. The van der Waals surface area contributed by atoms with Gasteiger partial charge in [-0.3, -0.25) is 14.5 Å². The molecule has 2 N–H and O–H groups in total. The Morgan fingerprint density at radius 3 is 2.36 bits per heavy atom. The van der Waals surface area contributed by atoms with Crippen LogP contribution in [0.15, 0.2) is 78.9 Å². The highest BCUT2D eigenvalue weighted by Gasteiger charge is 2.37. The number of benzene rings is 2. The van der Waals surface area contributed by atoms with Crippen molar-refractivity contribution in [2.24, 2.45) is 17.8 Å². The van der Waals surface area contributed by atoms with Crippen molar-refractivity contribution in [1.29, 1.82) is 0 Å².